The van der Waals surface area contributed by atoms with E-state index in [1.54, 1.807) is 0 Å². The summed E-state index contributed by atoms with van der Waals surface area (Å²) in [7, 11) is 0. The zero-order valence-corrected chi connectivity index (χ0v) is 7.70. The maximum Gasteiger partial charge on any atom is 0.305 e. The van der Waals surface area contributed by atoms with Gasteiger partial charge in [0.2, 0.25) is 0 Å². The molecular weight excluding hydrogens is 168 g/mol. The van der Waals surface area contributed by atoms with Gasteiger partial charge in [0.1, 0.15) is 0 Å². The van der Waals surface area contributed by atoms with Crippen LogP contribution in [-0.4, -0.2) is 41.1 Å². The van der Waals surface area contributed by atoms with Crippen molar-refractivity contribution >= 4 is 5.97 Å². The molecule has 0 spiro atoms. The fourth-order valence-corrected chi connectivity index (χ4v) is 2.59. The molecule has 3 atom stereocenters. The van der Waals surface area contributed by atoms with Crippen LogP contribution in [0.1, 0.15) is 19.3 Å². The van der Waals surface area contributed by atoms with Crippen LogP contribution in [0.25, 0.3) is 0 Å². The molecule has 0 aromatic rings. The van der Waals surface area contributed by atoms with Crippen molar-refractivity contribution in [3.8, 4) is 0 Å². The van der Waals surface area contributed by atoms with Crippen molar-refractivity contribution in [2.24, 2.45) is 11.7 Å². The number of rotatable bonds is 2. The van der Waals surface area contributed by atoms with E-state index in [4.69, 9.17) is 10.8 Å². The van der Waals surface area contributed by atoms with Crippen molar-refractivity contribution in [3.63, 3.8) is 0 Å². The first-order valence-electron chi connectivity index (χ1n) is 4.83. The molecule has 0 amide bonds. The number of aliphatic carboxylic acids is 1. The number of nitrogens with zero attached hydrogens (tertiary/aromatic N) is 1. The largest absolute Gasteiger partial charge is 0.481 e. The molecule has 0 saturated carbocycles. The maximum atomic E-state index is 10.7. The third-order valence-corrected chi connectivity index (χ3v) is 3.46. The van der Waals surface area contributed by atoms with Gasteiger partial charge in [-0.2, -0.15) is 0 Å². The molecule has 3 N–H and O–H groups in total. The van der Waals surface area contributed by atoms with Crippen molar-refractivity contribution in [2.75, 3.05) is 19.6 Å². The van der Waals surface area contributed by atoms with Crippen molar-refractivity contribution in [1.82, 2.24) is 4.90 Å². The van der Waals surface area contributed by atoms with Crippen LogP contribution in [-0.2, 0) is 4.79 Å². The second-order valence-corrected chi connectivity index (χ2v) is 4.34. The van der Waals surface area contributed by atoms with Crippen LogP contribution < -0.4 is 5.73 Å². The van der Waals surface area contributed by atoms with Gasteiger partial charge in [-0.1, -0.05) is 0 Å². The Morgan fingerprint density at radius 2 is 2.38 bits per heavy atom. The number of piperidine rings is 1. The molecule has 2 saturated heterocycles. The number of nitrogens with two attached hydrogens (primary N) is 1. The third kappa shape index (κ3) is 1.56. The minimum absolute atomic E-state index is 0.130. The van der Waals surface area contributed by atoms with E-state index in [1.807, 2.05) is 0 Å². The Kier molecular flexibility index (Phi) is 2.04. The number of carboxylic acid groups (broad SMARTS) is 1. The monoisotopic (exact) mass is 184 g/mol. The number of hydrogen-bond donors (Lipinski definition) is 2. The standard InChI is InChI=1S/C9H16N2O2/c10-9(5-8(12)13)2-4-11-3-1-7(9)6-11/h7H,1-6,10H2,(H,12,13). The Morgan fingerprint density at radius 3 is 3.08 bits per heavy atom. The van der Waals surface area contributed by atoms with E-state index >= 15 is 0 Å². The fraction of sp³-hybridized carbons (Fsp3) is 0.889. The zero-order valence-electron chi connectivity index (χ0n) is 7.70. The van der Waals surface area contributed by atoms with E-state index < -0.39 is 11.5 Å². The number of hydrogen-bond acceptors (Lipinski definition) is 3. The number of carbonyl (C=O) groups is 1. The molecule has 2 aliphatic rings. The highest BCUT2D eigenvalue weighted by atomic mass is 16.4. The Bertz CT molecular complexity index is 232. The first-order chi connectivity index (χ1) is 6.10. The second kappa shape index (κ2) is 2.96. The summed E-state index contributed by atoms with van der Waals surface area (Å²) < 4.78 is 0. The Labute approximate surface area is 77.7 Å². The lowest BCUT2D eigenvalue weighted by molar-refractivity contribution is -0.139. The van der Waals surface area contributed by atoms with Gasteiger partial charge in [0, 0.05) is 12.1 Å². The summed E-state index contributed by atoms with van der Waals surface area (Å²) in [6.45, 7) is 3.08. The normalized spacial score (nSPS) is 43.5. The van der Waals surface area contributed by atoms with Crippen molar-refractivity contribution < 1.29 is 9.90 Å². The lowest BCUT2D eigenvalue weighted by Crippen LogP contribution is -2.54. The van der Waals surface area contributed by atoms with Crippen molar-refractivity contribution in [1.29, 1.82) is 0 Å². The average Bonchev–Trinajstić information content (AvgIpc) is 2.42. The molecule has 2 heterocycles. The van der Waals surface area contributed by atoms with E-state index in [0.717, 1.165) is 32.5 Å². The van der Waals surface area contributed by atoms with Crippen LogP contribution >= 0.6 is 0 Å². The SMILES string of the molecule is NC1(CC(=O)O)CCN2CCC1C2. The van der Waals surface area contributed by atoms with Gasteiger partial charge in [-0.05, 0) is 31.8 Å². The van der Waals surface area contributed by atoms with Crippen LogP contribution in [0.2, 0.25) is 0 Å². The van der Waals surface area contributed by atoms with E-state index in [-0.39, 0.29) is 6.42 Å². The van der Waals surface area contributed by atoms with Gasteiger partial charge in [-0.3, -0.25) is 4.79 Å². The summed E-state index contributed by atoms with van der Waals surface area (Å²) in [5.41, 5.74) is 5.70. The van der Waals surface area contributed by atoms with E-state index in [2.05, 4.69) is 4.90 Å². The van der Waals surface area contributed by atoms with Gasteiger partial charge >= 0.3 is 5.97 Å². The molecule has 2 aliphatic heterocycles. The van der Waals surface area contributed by atoms with Gasteiger partial charge in [-0.25, -0.2) is 0 Å². The first-order valence-corrected chi connectivity index (χ1v) is 4.83. The molecule has 4 heteroatoms. The molecule has 2 fully saturated rings. The minimum Gasteiger partial charge on any atom is -0.481 e. The van der Waals surface area contributed by atoms with Crippen LogP contribution in [0.3, 0.4) is 0 Å². The molecule has 0 aromatic heterocycles. The van der Waals surface area contributed by atoms with Crippen molar-refractivity contribution in [2.45, 2.75) is 24.8 Å². The molecule has 2 rings (SSSR count). The summed E-state index contributed by atoms with van der Waals surface area (Å²) in [5.74, 6) is -0.361. The molecule has 0 aliphatic carbocycles. The van der Waals surface area contributed by atoms with E-state index in [0.29, 0.717) is 5.92 Å². The van der Waals surface area contributed by atoms with Crippen LogP contribution in [0.5, 0.6) is 0 Å². The Morgan fingerprint density at radius 1 is 1.62 bits per heavy atom. The number of fused-ring (bicyclic) bond motifs is 2. The molecule has 4 nitrogen and oxygen atoms in total. The van der Waals surface area contributed by atoms with Gasteiger partial charge in [0.25, 0.3) is 0 Å². The Balaban J connectivity index is 2.08. The molecule has 0 radical (unpaired) electrons. The highest BCUT2D eigenvalue weighted by Crippen LogP contribution is 2.35. The predicted molar refractivity (Wildman–Crippen MR) is 48.3 cm³/mol. The predicted octanol–water partition coefficient (Wildman–Crippen LogP) is -0.116. The lowest BCUT2D eigenvalue weighted by atomic mass is 9.77. The van der Waals surface area contributed by atoms with Gasteiger partial charge in [0.05, 0.1) is 6.42 Å². The molecule has 13 heavy (non-hydrogen) atoms. The van der Waals surface area contributed by atoms with Crippen molar-refractivity contribution in [3.05, 3.63) is 0 Å². The van der Waals surface area contributed by atoms with Gasteiger partial charge in [0.15, 0.2) is 0 Å². The summed E-state index contributed by atoms with van der Waals surface area (Å²) >= 11 is 0. The molecule has 0 aromatic carbocycles. The second-order valence-electron chi connectivity index (χ2n) is 4.34. The zero-order chi connectivity index (χ0) is 9.47. The summed E-state index contributed by atoms with van der Waals surface area (Å²) in [6.07, 6.45) is 2.04. The molecular formula is C9H16N2O2. The first kappa shape index (κ1) is 8.97. The smallest absolute Gasteiger partial charge is 0.305 e. The topological polar surface area (TPSA) is 66.6 Å². The third-order valence-electron chi connectivity index (χ3n) is 3.46. The van der Waals surface area contributed by atoms with E-state index in [9.17, 15) is 4.79 Å². The molecule has 2 bridgehead atoms. The fourth-order valence-electron chi connectivity index (χ4n) is 2.59. The van der Waals surface area contributed by atoms with E-state index in [1.165, 1.54) is 0 Å². The van der Waals surface area contributed by atoms with Crippen LogP contribution in [0.4, 0.5) is 0 Å². The van der Waals surface area contributed by atoms with Crippen LogP contribution in [0.15, 0.2) is 0 Å². The van der Waals surface area contributed by atoms with Crippen LogP contribution in [0, 0.1) is 5.92 Å². The summed E-state index contributed by atoms with van der Waals surface area (Å²) in [4.78, 5) is 13.0. The quantitative estimate of drug-likeness (QED) is 0.628. The van der Waals surface area contributed by atoms with Gasteiger partial charge in [-0.15, -0.1) is 0 Å². The number of carboxylic acids is 1. The summed E-state index contributed by atoms with van der Waals surface area (Å²) in [6, 6.07) is 0. The average molecular weight is 184 g/mol. The Hall–Kier alpha value is -0.610. The molecule has 3 unspecified atom stereocenters. The highest BCUT2D eigenvalue weighted by molar-refractivity contribution is 5.68. The highest BCUT2D eigenvalue weighted by Gasteiger charge is 2.44. The minimum atomic E-state index is -0.761. The lowest BCUT2D eigenvalue weighted by Gasteiger charge is -2.38. The van der Waals surface area contributed by atoms with Gasteiger partial charge < -0.3 is 15.7 Å². The maximum absolute atomic E-state index is 10.7. The molecule has 74 valence electrons. The summed E-state index contributed by atoms with van der Waals surface area (Å²) in [5, 5.41) is 8.76.